The minimum Gasteiger partial charge on any atom is -0.450 e. The molecular formula is C10H17NO3. The van der Waals surface area contributed by atoms with Crippen LogP contribution in [0.4, 0.5) is 0 Å². The lowest BCUT2D eigenvalue weighted by Crippen LogP contribution is -2.24. The molecule has 0 aliphatic carbocycles. The first-order valence-corrected chi connectivity index (χ1v) is 4.43. The fourth-order valence-electron chi connectivity index (χ4n) is 0.622. The number of carbonyl (C=O) groups is 1. The molecule has 0 saturated carbocycles. The van der Waals surface area contributed by atoms with E-state index in [4.69, 9.17) is 15.6 Å². The number of esters is 1. The van der Waals surface area contributed by atoms with Crippen LogP contribution in [0.25, 0.3) is 0 Å². The molecular weight excluding hydrogens is 182 g/mol. The first-order chi connectivity index (χ1) is 6.35. The quantitative estimate of drug-likeness (QED) is 0.374. The van der Waals surface area contributed by atoms with Gasteiger partial charge in [0, 0.05) is 18.4 Å². The third-order valence-electron chi connectivity index (χ3n) is 1.19. The molecule has 0 aromatic carbocycles. The lowest BCUT2D eigenvalue weighted by molar-refractivity contribution is -0.147. The van der Waals surface area contributed by atoms with E-state index in [0.717, 1.165) is 0 Å². The molecule has 0 fully saturated rings. The van der Waals surface area contributed by atoms with Gasteiger partial charge in [0.1, 0.15) is 5.60 Å². The molecule has 0 heterocycles. The summed E-state index contributed by atoms with van der Waals surface area (Å²) in [5, 5.41) is 8.58. The van der Waals surface area contributed by atoms with Crippen LogP contribution in [0, 0.1) is 11.8 Å². The Balaban J connectivity index is 3.94. The van der Waals surface area contributed by atoms with Gasteiger partial charge in [-0.05, 0) is 20.8 Å². The average molecular weight is 199 g/mol. The number of hydrogen-bond donors (Lipinski definition) is 2. The third-order valence-corrected chi connectivity index (χ3v) is 1.19. The minimum atomic E-state index is -0.567. The monoisotopic (exact) mass is 199 g/mol. The maximum Gasteiger partial charge on any atom is 0.384 e. The molecule has 0 aromatic rings. The van der Waals surface area contributed by atoms with E-state index in [1.165, 1.54) is 0 Å². The van der Waals surface area contributed by atoms with Crippen molar-refractivity contribution in [3.05, 3.63) is 0 Å². The molecule has 1 atom stereocenters. The largest absolute Gasteiger partial charge is 0.450 e. The van der Waals surface area contributed by atoms with Crippen LogP contribution in [-0.4, -0.2) is 29.3 Å². The Kier molecular flexibility index (Phi) is 5.21. The van der Waals surface area contributed by atoms with Crippen molar-refractivity contribution < 1.29 is 14.6 Å². The highest BCUT2D eigenvalue weighted by atomic mass is 16.6. The summed E-state index contributed by atoms with van der Waals surface area (Å²) in [7, 11) is 0. The smallest absolute Gasteiger partial charge is 0.384 e. The van der Waals surface area contributed by atoms with E-state index in [9.17, 15) is 4.79 Å². The van der Waals surface area contributed by atoms with E-state index < -0.39 is 17.6 Å². The lowest BCUT2D eigenvalue weighted by atomic mass is 10.2. The first kappa shape index (κ1) is 12.9. The number of ether oxygens (including phenoxy) is 1. The number of hydrogen-bond acceptors (Lipinski definition) is 4. The molecule has 0 aromatic heterocycles. The normalized spacial score (nSPS) is 12.6. The van der Waals surface area contributed by atoms with Crippen molar-refractivity contribution in [1.29, 1.82) is 0 Å². The van der Waals surface area contributed by atoms with Crippen molar-refractivity contribution in [2.75, 3.05) is 6.61 Å². The van der Waals surface area contributed by atoms with E-state index in [1.54, 1.807) is 20.8 Å². The van der Waals surface area contributed by atoms with E-state index >= 15 is 0 Å². The van der Waals surface area contributed by atoms with Gasteiger partial charge in [-0.1, -0.05) is 5.92 Å². The summed E-state index contributed by atoms with van der Waals surface area (Å²) < 4.78 is 4.94. The van der Waals surface area contributed by atoms with Crippen LogP contribution in [0.5, 0.6) is 0 Å². The molecule has 4 heteroatoms. The van der Waals surface area contributed by atoms with Crippen molar-refractivity contribution in [1.82, 2.24) is 0 Å². The number of rotatable bonds is 2. The summed E-state index contributed by atoms with van der Waals surface area (Å²) >= 11 is 0. The van der Waals surface area contributed by atoms with Gasteiger partial charge in [-0.15, -0.1) is 0 Å². The summed E-state index contributed by atoms with van der Waals surface area (Å²) in [5.74, 6) is 4.28. The number of carbonyl (C=O) groups excluding carboxylic acids is 1. The van der Waals surface area contributed by atoms with Gasteiger partial charge in [-0.25, -0.2) is 4.79 Å². The minimum absolute atomic E-state index is 0.136. The van der Waals surface area contributed by atoms with Crippen LogP contribution < -0.4 is 5.73 Å². The van der Waals surface area contributed by atoms with Gasteiger partial charge in [0.05, 0.1) is 6.61 Å². The van der Waals surface area contributed by atoms with Crippen molar-refractivity contribution >= 4 is 5.97 Å². The highest BCUT2D eigenvalue weighted by Crippen LogP contribution is 2.05. The van der Waals surface area contributed by atoms with Crippen LogP contribution in [0.3, 0.4) is 0 Å². The van der Waals surface area contributed by atoms with Crippen LogP contribution in [-0.2, 0) is 9.53 Å². The Morgan fingerprint density at radius 3 is 2.57 bits per heavy atom. The molecule has 0 amide bonds. The highest BCUT2D eigenvalue weighted by molar-refractivity contribution is 5.88. The molecule has 3 N–H and O–H groups in total. The topological polar surface area (TPSA) is 72.5 Å². The van der Waals surface area contributed by atoms with Crippen molar-refractivity contribution in [3.63, 3.8) is 0 Å². The van der Waals surface area contributed by atoms with Gasteiger partial charge in [0.15, 0.2) is 0 Å². The predicted octanol–water partition coefficient (Wildman–Crippen LogP) is 0.0412. The second-order valence-corrected chi connectivity index (χ2v) is 3.95. The molecule has 0 aliphatic heterocycles. The summed E-state index contributed by atoms with van der Waals surface area (Å²) in [6, 6.07) is -0.398. The van der Waals surface area contributed by atoms with Crippen molar-refractivity contribution in [2.24, 2.45) is 5.73 Å². The Labute approximate surface area is 84.4 Å². The standard InChI is InChI=1S/C10H17NO3/c1-10(2,3)14-9(13)6-4-5-8(11)7-12/h8,12H,5,7,11H2,1-3H3/t8-/m0/s1. The third kappa shape index (κ3) is 7.59. The Hall–Kier alpha value is -1.05. The molecule has 0 saturated heterocycles. The molecule has 80 valence electrons. The van der Waals surface area contributed by atoms with Crippen LogP contribution in [0.2, 0.25) is 0 Å². The fourth-order valence-corrected chi connectivity index (χ4v) is 0.622. The van der Waals surface area contributed by atoms with E-state index in [-0.39, 0.29) is 13.0 Å². The summed E-state index contributed by atoms with van der Waals surface area (Å²) in [6.07, 6.45) is 0.287. The zero-order valence-electron chi connectivity index (χ0n) is 8.83. The number of aliphatic hydroxyl groups excluding tert-OH is 1. The highest BCUT2D eigenvalue weighted by Gasteiger charge is 2.14. The second-order valence-electron chi connectivity index (χ2n) is 3.95. The maximum absolute atomic E-state index is 11.0. The van der Waals surface area contributed by atoms with Gasteiger partial charge in [-0.3, -0.25) is 0 Å². The van der Waals surface area contributed by atoms with Crippen molar-refractivity contribution in [3.8, 4) is 11.8 Å². The SMILES string of the molecule is CC(C)(C)OC(=O)C#CC[C@H](N)CO. The lowest BCUT2D eigenvalue weighted by Gasteiger charge is -2.16. The Bertz CT molecular complexity index is 244. The van der Waals surface area contributed by atoms with Crippen LogP contribution in [0.15, 0.2) is 0 Å². The molecule has 14 heavy (non-hydrogen) atoms. The van der Waals surface area contributed by atoms with Gasteiger partial charge >= 0.3 is 5.97 Å². The first-order valence-electron chi connectivity index (χ1n) is 4.43. The zero-order chi connectivity index (χ0) is 11.2. The molecule has 4 nitrogen and oxygen atoms in total. The Morgan fingerprint density at radius 1 is 1.57 bits per heavy atom. The molecule has 0 radical (unpaired) electrons. The summed E-state index contributed by atoms with van der Waals surface area (Å²) in [4.78, 5) is 11.0. The van der Waals surface area contributed by atoms with Crippen LogP contribution >= 0.6 is 0 Å². The van der Waals surface area contributed by atoms with Crippen molar-refractivity contribution in [2.45, 2.75) is 38.8 Å². The predicted molar refractivity (Wildman–Crippen MR) is 53.3 cm³/mol. The number of nitrogens with two attached hydrogens (primary N) is 1. The number of aliphatic hydroxyl groups is 1. The molecule has 0 aliphatic rings. The molecule has 0 spiro atoms. The Morgan fingerprint density at radius 2 is 2.14 bits per heavy atom. The van der Waals surface area contributed by atoms with E-state index in [2.05, 4.69) is 11.8 Å². The maximum atomic E-state index is 11.0. The fraction of sp³-hybridized carbons (Fsp3) is 0.700. The van der Waals surface area contributed by atoms with Gasteiger partial charge in [0.25, 0.3) is 0 Å². The zero-order valence-corrected chi connectivity index (χ0v) is 8.83. The van der Waals surface area contributed by atoms with E-state index in [0.29, 0.717) is 0 Å². The summed E-state index contributed by atoms with van der Waals surface area (Å²) in [5.41, 5.74) is 4.86. The van der Waals surface area contributed by atoms with E-state index in [1.807, 2.05) is 0 Å². The molecule has 0 rings (SSSR count). The van der Waals surface area contributed by atoms with Gasteiger partial charge in [-0.2, -0.15) is 0 Å². The molecule has 0 unspecified atom stereocenters. The van der Waals surface area contributed by atoms with Crippen LogP contribution in [0.1, 0.15) is 27.2 Å². The average Bonchev–Trinajstić information content (AvgIpc) is 2.00. The summed E-state index contributed by atoms with van der Waals surface area (Å²) in [6.45, 7) is 5.17. The molecule has 0 bridgehead atoms. The van der Waals surface area contributed by atoms with Gasteiger partial charge < -0.3 is 15.6 Å². The second kappa shape index (κ2) is 5.63. The van der Waals surface area contributed by atoms with Gasteiger partial charge in [0.2, 0.25) is 0 Å².